The third-order valence-corrected chi connectivity index (χ3v) is 3.70. The first-order valence-corrected chi connectivity index (χ1v) is 7.71. The van der Waals surface area contributed by atoms with E-state index in [4.69, 9.17) is 5.73 Å². The van der Waals surface area contributed by atoms with Crippen molar-refractivity contribution in [2.45, 2.75) is 66.0 Å². The van der Waals surface area contributed by atoms with Crippen LogP contribution in [0.15, 0.2) is 0 Å². The molecular formula is C15H33N3O. The van der Waals surface area contributed by atoms with E-state index in [-0.39, 0.29) is 11.9 Å². The minimum atomic E-state index is -0.0967. The zero-order valence-corrected chi connectivity index (χ0v) is 13.4. The second kappa shape index (κ2) is 10.2. The minimum Gasteiger partial charge on any atom is -0.355 e. The van der Waals surface area contributed by atoms with Gasteiger partial charge in [0.1, 0.15) is 0 Å². The first-order valence-electron chi connectivity index (χ1n) is 7.71. The zero-order valence-electron chi connectivity index (χ0n) is 13.4. The molecule has 0 aromatic rings. The lowest BCUT2D eigenvalue weighted by molar-refractivity contribution is -0.126. The lowest BCUT2D eigenvalue weighted by atomic mass is 10.1. The standard InChI is InChI=1S/C15H33N3O/c1-6-14(7-2)18(11-9-16)13(5)15(19)17-10-8-12(3)4/h12-14H,6-11,16H2,1-5H3,(H,17,19). The van der Waals surface area contributed by atoms with E-state index in [9.17, 15) is 4.79 Å². The van der Waals surface area contributed by atoms with Crippen molar-refractivity contribution < 1.29 is 4.79 Å². The van der Waals surface area contributed by atoms with Gasteiger partial charge in [0.2, 0.25) is 5.91 Å². The predicted molar refractivity (Wildman–Crippen MR) is 82.1 cm³/mol. The molecule has 0 rings (SSSR count). The number of carbonyl (C=O) groups excluding carboxylic acids is 1. The lowest BCUT2D eigenvalue weighted by Crippen LogP contribution is -2.51. The normalized spacial score (nSPS) is 13.3. The van der Waals surface area contributed by atoms with Gasteiger partial charge in [-0.15, -0.1) is 0 Å². The van der Waals surface area contributed by atoms with Crippen LogP contribution in [0, 0.1) is 5.92 Å². The van der Waals surface area contributed by atoms with E-state index in [0.717, 1.165) is 32.4 Å². The maximum atomic E-state index is 12.2. The Morgan fingerprint density at radius 2 is 1.79 bits per heavy atom. The van der Waals surface area contributed by atoms with E-state index in [0.29, 0.717) is 18.5 Å². The molecule has 114 valence electrons. The van der Waals surface area contributed by atoms with Crippen molar-refractivity contribution in [3.05, 3.63) is 0 Å². The molecule has 1 amide bonds. The monoisotopic (exact) mass is 271 g/mol. The van der Waals surface area contributed by atoms with Crippen LogP contribution >= 0.6 is 0 Å². The van der Waals surface area contributed by atoms with Gasteiger partial charge in [-0.05, 0) is 32.1 Å². The van der Waals surface area contributed by atoms with Crippen LogP contribution < -0.4 is 11.1 Å². The summed E-state index contributed by atoms with van der Waals surface area (Å²) in [4.78, 5) is 14.4. The molecule has 0 aromatic heterocycles. The van der Waals surface area contributed by atoms with Gasteiger partial charge < -0.3 is 11.1 Å². The van der Waals surface area contributed by atoms with Crippen molar-refractivity contribution in [3.8, 4) is 0 Å². The number of rotatable bonds is 10. The Kier molecular flexibility index (Phi) is 9.88. The van der Waals surface area contributed by atoms with Crippen molar-refractivity contribution >= 4 is 5.91 Å². The summed E-state index contributed by atoms with van der Waals surface area (Å²) in [5.41, 5.74) is 5.68. The fourth-order valence-electron chi connectivity index (χ4n) is 2.38. The summed E-state index contributed by atoms with van der Waals surface area (Å²) in [7, 11) is 0. The van der Waals surface area contributed by atoms with Crippen molar-refractivity contribution in [3.63, 3.8) is 0 Å². The molecule has 0 spiro atoms. The van der Waals surface area contributed by atoms with E-state index in [1.165, 1.54) is 0 Å². The van der Waals surface area contributed by atoms with Gasteiger partial charge in [0, 0.05) is 25.7 Å². The maximum absolute atomic E-state index is 12.2. The fraction of sp³-hybridized carbons (Fsp3) is 0.933. The summed E-state index contributed by atoms with van der Waals surface area (Å²) >= 11 is 0. The summed E-state index contributed by atoms with van der Waals surface area (Å²) < 4.78 is 0. The van der Waals surface area contributed by atoms with Crippen LogP contribution in [-0.2, 0) is 4.79 Å². The van der Waals surface area contributed by atoms with E-state index < -0.39 is 0 Å². The maximum Gasteiger partial charge on any atom is 0.237 e. The third kappa shape index (κ3) is 6.92. The van der Waals surface area contributed by atoms with Crippen molar-refractivity contribution in [2.24, 2.45) is 11.7 Å². The summed E-state index contributed by atoms with van der Waals surface area (Å²) in [6.07, 6.45) is 3.14. The predicted octanol–water partition coefficient (Wildman–Crippen LogP) is 1.99. The summed E-state index contributed by atoms with van der Waals surface area (Å²) in [5, 5.41) is 3.03. The number of amides is 1. The molecule has 3 N–H and O–H groups in total. The van der Waals surface area contributed by atoms with E-state index >= 15 is 0 Å². The Bertz CT molecular complexity index is 240. The van der Waals surface area contributed by atoms with Crippen LogP contribution in [0.25, 0.3) is 0 Å². The Balaban J connectivity index is 4.43. The van der Waals surface area contributed by atoms with Gasteiger partial charge in [-0.1, -0.05) is 27.7 Å². The van der Waals surface area contributed by atoms with E-state index in [1.54, 1.807) is 0 Å². The molecule has 0 aliphatic rings. The largest absolute Gasteiger partial charge is 0.355 e. The van der Waals surface area contributed by atoms with Gasteiger partial charge in [-0.3, -0.25) is 9.69 Å². The quantitative estimate of drug-likeness (QED) is 0.639. The number of nitrogens with two attached hydrogens (primary N) is 1. The summed E-state index contributed by atoms with van der Waals surface area (Å²) in [6, 6.07) is 0.343. The SMILES string of the molecule is CCC(CC)N(CCN)C(C)C(=O)NCCC(C)C. The average molecular weight is 271 g/mol. The number of nitrogens with zero attached hydrogens (tertiary/aromatic N) is 1. The van der Waals surface area contributed by atoms with Gasteiger partial charge in [-0.2, -0.15) is 0 Å². The molecule has 0 saturated heterocycles. The number of hydrogen-bond acceptors (Lipinski definition) is 3. The molecular weight excluding hydrogens is 238 g/mol. The fourth-order valence-corrected chi connectivity index (χ4v) is 2.38. The average Bonchev–Trinajstić information content (AvgIpc) is 2.37. The molecule has 0 aliphatic heterocycles. The summed E-state index contributed by atoms with van der Waals surface area (Å²) in [6.45, 7) is 12.8. The molecule has 4 nitrogen and oxygen atoms in total. The number of hydrogen-bond donors (Lipinski definition) is 2. The highest BCUT2D eigenvalue weighted by Crippen LogP contribution is 2.12. The highest BCUT2D eigenvalue weighted by molar-refractivity contribution is 5.81. The van der Waals surface area contributed by atoms with Crippen LogP contribution in [0.5, 0.6) is 0 Å². The smallest absolute Gasteiger partial charge is 0.237 e. The lowest BCUT2D eigenvalue weighted by Gasteiger charge is -2.34. The highest BCUT2D eigenvalue weighted by atomic mass is 16.2. The first kappa shape index (κ1) is 18.4. The van der Waals surface area contributed by atoms with Crippen molar-refractivity contribution in [1.82, 2.24) is 10.2 Å². The van der Waals surface area contributed by atoms with Crippen LogP contribution in [0.1, 0.15) is 53.9 Å². The molecule has 0 radical (unpaired) electrons. The van der Waals surface area contributed by atoms with Crippen LogP contribution in [0.4, 0.5) is 0 Å². The topological polar surface area (TPSA) is 58.4 Å². The van der Waals surface area contributed by atoms with Crippen molar-refractivity contribution in [2.75, 3.05) is 19.6 Å². The summed E-state index contributed by atoms with van der Waals surface area (Å²) in [5.74, 6) is 0.746. The Hall–Kier alpha value is -0.610. The second-order valence-electron chi connectivity index (χ2n) is 5.65. The molecule has 1 unspecified atom stereocenters. The molecule has 0 heterocycles. The molecule has 0 saturated carbocycles. The number of carbonyl (C=O) groups is 1. The van der Waals surface area contributed by atoms with E-state index in [2.05, 4.69) is 37.9 Å². The van der Waals surface area contributed by atoms with E-state index in [1.807, 2.05) is 6.92 Å². The van der Waals surface area contributed by atoms with Crippen LogP contribution in [0.3, 0.4) is 0 Å². The molecule has 1 atom stereocenters. The van der Waals surface area contributed by atoms with Crippen molar-refractivity contribution in [1.29, 1.82) is 0 Å². The number of nitrogens with one attached hydrogen (secondary N) is 1. The van der Waals surface area contributed by atoms with Gasteiger partial charge in [-0.25, -0.2) is 0 Å². The molecule has 0 fully saturated rings. The molecule has 0 bridgehead atoms. The molecule has 19 heavy (non-hydrogen) atoms. The van der Waals surface area contributed by atoms with Gasteiger partial charge in [0.25, 0.3) is 0 Å². The Morgan fingerprint density at radius 1 is 1.21 bits per heavy atom. The van der Waals surface area contributed by atoms with Gasteiger partial charge in [0.05, 0.1) is 6.04 Å². The molecule has 0 aliphatic carbocycles. The second-order valence-corrected chi connectivity index (χ2v) is 5.65. The Labute approximate surface area is 119 Å². The Morgan fingerprint density at radius 3 is 2.21 bits per heavy atom. The molecule has 0 aromatic carbocycles. The van der Waals surface area contributed by atoms with Gasteiger partial charge >= 0.3 is 0 Å². The minimum absolute atomic E-state index is 0.0967. The zero-order chi connectivity index (χ0) is 14.8. The highest BCUT2D eigenvalue weighted by Gasteiger charge is 2.25. The first-order chi connectivity index (χ1) is 8.97. The third-order valence-electron chi connectivity index (χ3n) is 3.70. The van der Waals surface area contributed by atoms with Crippen LogP contribution in [0.2, 0.25) is 0 Å². The van der Waals surface area contributed by atoms with Crippen LogP contribution in [-0.4, -0.2) is 42.5 Å². The van der Waals surface area contributed by atoms with Gasteiger partial charge in [0.15, 0.2) is 0 Å². The molecule has 4 heteroatoms.